The number of thiophene rings is 1. The Morgan fingerprint density at radius 2 is 2.29 bits per heavy atom. The Kier molecular flexibility index (Phi) is 4.01. The minimum absolute atomic E-state index is 0.441. The summed E-state index contributed by atoms with van der Waals surface area (Å²) in [6, 6.07) is 2.56. The summed E-state index contributed by atoms with van der Waals surface area (Å²) in [5.74, 6) is 0.872. The van der Waals surface area contributed by atoms with E-state index in [0.717, 1.165) is 26.7 Å². The molecule has 0 radical (unpaired) electrons. The number of nitrogens with zero attached hydrogens (tertiary/aromatic N) is 1. The van der Waals surface area contributed by atoms with Gasteiger partial charge in [-0.15, -0.1) is 11.3 Å². The first-order valence-corrected chi connectivity index (χ1v) is 7.11. The van der Waals surface area contributed by atoms with Gasteiger partial charge in [0.15, 0.2) is 12.2 Å². The van der Waals surface area contributed by atoms with Gasteiger partial charge < -0.3 is 9.73 Å². The molecule has 0 unspecified atom stereocenters. The van der Waals surface area contributed by atoms with E-state index >= 15 is 0 Å². The molecule has 0 spiro atoms. The standard InChI is InChI=1S/C12H15BrN2OS/c1-7(2)14-5-9-11(16-6-15-9)10-4-8(3)12(13)17-10/h4,6-7,14H,5H2,1-3H3. The first-order valence-electron chi connectivity index (χ1n) is 5.50. The molecule has 3 nitrogen and oxygen atoms in total. The summed E-state index contributed by atoms with van der Waals surface area (Å²) in [6.45, 7) is 7.04. The topological polar surface area (TPSA) is 38.1 Å². The van der Waals surface area contributed by atoms with E-state index in [1.165, 1.54) is 12.0 Å². The molecule has 0 aliphatic heterocycles. The van der Waals surface area contributed by atoms with Gasteiger partial charge in [0, 0.05) is 12.6 Å². The number of nitrogens with one attached hydrogen (secondary N) is 1. The highest BCUT2D eigenvalue weighted by atomic mass is 79.9. The van der Waals surface area contributed by atoms with Crippen LogP contribution >= 0.6 is 27.3 Å². The van der Waals surface area contributed by atoms with Crippen molar-refractivity contribution in [3.8, 4) is 10.6 Å². The van der Waals surface area contributed by atoms with Crippen molar-refractivity contribution in [2.45, 2.75) is 33.4 Å². The molecule has 2 aromatic heterocycles. The van der Waals surface area contributed by atoms with Gasteiger partial charge in [0.05, 0.1) is 8.66 Å². The van der Waals surface area contributed by atoms with E-state index in [2.05, 4.69) is 53.1 Å². The zero-order valence-electron chi connectivity index (χ0n) is 10.1. The molecule has 0 saturated carbocycles. The van der Waals surface area contributed by atoms with E-state index in [1.807, 2.05) is 0 Å². The molecule has 1 N–H and O–H groups in total. The smallest absolute Gasteiger partial charge is 0.181 e. The molecule has 2 aromatic rings. The van der Waals surface area contributed by atoms with Gasteiger partial charge in [-0.05, 0) is 34.5 Å². The van der Waals surface area contributed by atoms with E-state index in [1.54, 1.807) is 11.3 Å². The summed E-state index contributed by atoms with van der Waals surface area (Å²) in [7, 11) is 0. The summed E-state index contributed by atoms with van der Waals surface area (Å²) in [6.07, 6.45) is 1.51. The first-order chi connectivity index (χ1) is 8.08. The summed E-state index contributed by atoms with van der Waals surface area (Å²) in [5, 5.41) is 3.35. The highest BCUT2D eigenvalue weighted by Gasteiger charge is 2.14. The van der Waals surface area contributed by atoms with Crippen LogP contribution in [-0.4, -0.2) is 11.0 Å². The minimum atomic E-state index is 0.441. The van der Waals surface area contributed by atoms with Crippen molar-refractivity contribution in [2.24, 2.45) is 0 Å². The largest absolute Gasteiger partial charge is 0.442 e. The van der Waals surface area contributed by atoms with Crippen LogP contribution in [0.1, 0.15) is 25.1 Å². The van der Waals surface area contributed by atoms with Crippen LogP contribution in [0.15, 0.2) is 20.7 Å². The lowest BCUT2D eigenvalue weighted by atomic mass is 10.2. The van der Waals surface area contributed by atoms with Gasteiger partial charge in [-0.1, -0.05) is 13.8 Å². The zero-order valence-corrected chi connectivity index (χ0v) is 12.5. The van der Waals surface area contributed by atoms with E-state index < -0.39 is 0 Å². The summed E-state index contributed by atoms with van der Waals surface area (Å²) in [5.41, 5.74) is 2.19. The van der Waals surface area contributed by atoms with Gasteiger partial charge in [-0.3, -0.25) is 0 Å². The summed E-state index contributed by atoms with van der Waals surface area (Å²) < 4.78 is 6.63. The molecule has 0 atom stereocenters. The van der Waals surface area contributed by atoms with Gasteiger partial charge in [-0.2, -0.15) is 0 Å². The molecule has 0 aromatic carbocycles. The van der Waals surface area contributed by atoms with Gasteiger partial charge in [-0.25, -0.2) is 4.98 Å². The van der Waals surface area contributed by atoms with Crippen molar-refractivity contribution in [1.29, 1.82) is 0 Å². The van der Waals surface area contributed by atoms with Crippen LogP contribution in [0.5, 0.6) is 0 Å². The number of hydrogen-bond acceptors (Lipinski definition) is 4. The third-order valence-corrected chi connectivity index (χ3v) is 4.54. The number of aromatic nitrogens is 1. The van der Waals surface area contributed by atoms with Crippen LogP contribution in [0.2, 0.25) is 0 Å². The van der Waals surface area contributed by atoms with Crippen molar-refractivity contribution in [3.63, 3.8) is 0 Å². The highest BCUT2D eigenvalue weighted by Crippen LogP contribution is 2.36. The molecule has 17 heavy (non-hydrogen) atoms. The van der Waals surface area contributed by atoms with Crippen molar-refractivity contribution in [3.05, 3.63) is 27.5 Å². The maximum Gasteiger partial charge on any atom is 0.181 e. The first kappa shape index (κ1) is 12.8. The van der Waals surface area contributed by atoms with Crippen molar-refractivity contribution in [1.82, 2.24) is 10.3 Å². The number of rotatable bonds is 4. The van der Waals surface area contributed by atoms with Crippen LogP contribution in [-0.2, 0) is 6.54 Å². The summed E-state index contributed by atoms with van der Waals surface area (Å²) >= 11 is 5.20. The molecule has 0 fully saturated rings. The Hall–Kier alpha value is -0.650. The zero-order chi connectivity index (χ0) is 12.4. The predicted molar refractivity (Wildman–Crippen MR) is 74.2 cm³/mol. The maximum atomic E-state index is 5.49. The van der Waals surface area contributed by atoms with Crippen molar-refractivity contribution >= 4 is 27.3 Å². The van der Waals surface area contributed by atoms with Crippen LogP contribution in [0, 0.1) is 6.92 Å². The molecule has 0 bridgehead atoms. The fourth-order valence-electron chi connectivity index (χ4n) is 1.47. The van der Waals surface area contributed by atoms with Crippen LogP contribution in [0.25, 0.3) is 10.6 Å². The minimum Gasteiger partial charge on any atom is -0.442 e. The number of hydrogen-bond donors (Lipinski definition) is 1. The van der Waals surface area contributed by atoms with Crippen LogP contribution < -0.4 is 5.32 Å². The SMILES string of the molecule is Cc1cc(-c2ocnc2CNC(C)C)sc1Br. The Morgan fingerprint density at radius 3 is 2.88 bits per heavy atom. The Balaban J connectivity index is 2.24. The second-order valence-electron chi connectivity index (χ2n) is 4.23. The van der Waals surface area contributed by atoms with E-state index in [9.17, 15) is 0 Å². The van der Waals surface area contributed by atoms with Gasteiger partial charge >= 0.3 is 0 Å². The normalized spacial score (nSPS) is 11.4. The van der Waals surface area contributed by atoms with Crippen molar-refractivity contribution < 1.29 is 4.42 Å². The highest BCUT2D eigenvalue weighted by molar-refractivity contribution is 9.11. The Labute approximate surface area is 113 Å². The molecular formula is C12H15BrN2OS. The molecular weight excluding hydrogens is 300 g/mol. The number of halogens is 1. The van der Waals surface area contributed by atoms with E-state index in [4.69, 9.17) is 4.42 Å². The molecule has 92 valence electrons. The molecule has 0 saturated heterocycles. The van der Waals surface area contributed by atoms with E-state index in [-0.39, 0.29) is 0 Å². The summed E-state index contributed by atoms with van der Waals surface area (Å²) in [4.78, 5) is 5.38. The van der Waals surface area contributed by atoms with Gasteiger partial charge in [0.1, 0.15) is 5.69 Å². The maximum absolute atomic E-state index is 5.49. The Bertz CT molecular complexity index is 485. The molecule has 2 heterocycles. The lowest BCUT2D eigenvalue weighted by Crippen LogP contribution is -2.22. The fraction of sp³-hybridized carbons (Fsp3) is 0.417. The average molecular weight is 315 g/mol. The quantitative estimate of drug-likeness (QED) is 0.927. The van der Waals surface area contributed by atoms with E-state index in [0.29, 0.717) is 6.04 Å². The van der Waals surface area contributed by atoms with Crippen LogP contribution in [0.3, 0.4) is 0 Å². The molecule has 0 amide bonds. The number of oxazole rings is 1. The predicted octanol–water partition coefficient (Wildman–Crippen LogP) is 3.97. The third kappa shape index (κ3) is 2.97. The second-order valence-corrected chi connectivity index (χ2v) is 6.60. The lowest BCUT2D eigenvalue weighted by molar-refractivity contribution is 0.564. The monoisotopic (exact) mass is 314 g/mol. The number of aryl methyl sites for hydroxylation is 1. The lowest BCUT2D eigenvalue weighted by Gasteiger charge is -2.06. The van der Waals surface area contributed by atoms with Gasteiger partial charge in [0.25, 0.3) is 0 Å². The van der Waals surface area contributed by atoms with Crippen LogP contribution in [0.4, 0.5) is 0 Å². The third-order valence-electron chi connectivity index (χ3n) is 2.40. The van der Waals surface area contributed by atoms with Gasteiger partial charge in [0.2, 0.25) is 0 Å². The fourth-order valence-corrected chi connectivity index (χ4v) is 3.01. The molecule has 0 aliphatic carbocycles. The van der Waals surface area contributed by atoms with Crippen molar-refractivity contribution in [2.75, 3.05) is 0 Å². The average Bonchev–Trinajstić information content (AvgIpc) is 2.83. The Morgan fingerprint density at radius 1 is 1.53 bits per heavy atom. The molecule has 5 heteroatoms. The second kappa shape index (κ2) is 5.33. The molecule has 2 rings (SSSR count). The molecule has 0 aliphatic rings.